The van der Waals surface area contributed by atoms with Gasteiger partial charge in [-0.3, -0.25) is 9.36 Å². The van der Waals surface area contributed by atoms with Crippen LogP contribution in [0, 0.1) is 5.92 Å². The first kappa shape index (κ1) is 16.4. The van der Waals surface area contributed by atoms with Crippen molar-refractivity contribution in [3.63, 3.8) is 0 Å². The van der Waals surface area contributed by atoms with Crippen molar-refractivity contribution in [2.75, 3.05) is 0 Å². The van der Waals surface area contributed by atoms with Crippen molar-refractivity contribution in [3.8, 4) is 0 Å². The summed E-state index contributed by atoms with van der Waals surface area (Å²) in [5, 5.41) is 0.534. The molecule has 0 bridgehead atoms. The molecular weight excluding hydrogens is 326 g/mol. The zero-order valence-corrected chi connectivity index (χ0v) is 15.0. The number of nitrogens with zero attached hydrogens (tertiary/aromatic N) is 5. The molecule has 3 heterocycles. The van der Waals surface area contributed by atoms with Crippen LogP contribution in [-0.4, -0.2) is 24.1 Å². The van der Waals surface area contributed by atoms with Gasteiger partial charge in [-0.1, -0.05) is 32.1 Å². The number of hydrogen-bond acceptors (Lipinski definition) is 4. The van der Waals surface area contributed by atoms with E-state index < -0.39 is 0 Å². The molecule has 0 amide bonds. The predicted molar refractivity (Wildman–Crippen MR) is 104 cm³/mol. The first-order chi connectivity index (χ1) is 12.6. The summed E-state index contributed by atoms with van der Waals surface area (Å²) in [5.74, 6) is 0.539. The van der Waals surface area contributed by atoms with Crippen LogP contribution < -0.4 is 5.56 Å². The number of aryl methyl sites for hydroxylation is 1. The molecule has 0 saturated carbocycles. The van der Waals surface area contributed by atoms with Gasteiger partial charge in [0, 0.05) is 13.1 Å². The van der Waals surface area contributed by atoms with Crippen LogP contribution in [0.2, 0.25) is 0 Å². The Bertz CT molecular complexity index is 1190. The lowest BCUT2D eigenvalue weighted by molar-refractivity contribution is 0.528. The van der Waals surface area contributed by atoms with Gasteiger partial charge in [0.25, 0.3) is 5.56 Å². The molecule has 0 saturated heterocycles. The summed E-state index contributed by atoms with van der Waals surface area (Å²) in [7, 11) is 0. The Balaban J connectivity index is 2.11. The maximum absolute atomic E-state index is 13.0. The number of benzene rings is 1. The predicted octanol–water partition coefficient (Wildman–Crippen LogP) is 3.53. The Morgan fingerprint density at radius 3 is 2.58 bits per heavy atom. The van der Waals surface area contributed by atoms with Crippen LogP contribution in [0.15, 0.2) is 48.0 Å². The number of para-hydroxylation sites is 2. The van der Waals surface area contributed by atoms with E-state index in [1.165, 1.54) is 0 Å². The minimum Gasteiger partial charge on any atom is -0.308 e. The van der Waals surface area contributed by atoms with Crippen LogP contribution in [0.5, 0.6) is 0 Å². The lowest BCUT2D eigenvalue weighted by atomic mass is 10.1. The number of hydrogen-bond donors (Lipinski definition) is 0. The normalized spacial score (nSPS) is 11.8. The largest absolute Gasteiger partial charge is 0.308 e. The average molecular weight is 347 g/mol. The van der Waals surface area contributed by atoms with E-state index in [0.29, 0.717) is 29.0 Å². The third-order valence-corrected chi connectivity index (χ3v) is 4.57. The molecule has 0 unspecified atom stereocenters. The van der Waals surface area contributed by atoms with Crippen molar-refractivity contribution in [2.45, 2.75) is 33.4 Å². The lowest BCUT2D eigenvalue weighted by Gasteiger charge is -2.08. The molecule has 0 aliphatic carbocycles. The molecule has 0 fully saturated rings. The van der Waals surface area contributed by atoms with Gasteiger partial charge in [-0.05, 0) is 24.5 Å². The molecule has 4 rings (SSSR count). The molecule has 1 aromatic carbocycles. The first-order valence-electron chi connectivity index (χ1n) is 8.85. The van der Waals surface area contributed by atoms with Gasteiger partial charge in [-0.15, -0.1) is 6.58 Å². The molecule has 0 aliphatic heterocycles. The highest BCUT2D eigenvalue weighted by Gasteiger charge is 2.19. The van der Waals surface area contributed by atoms with E-state index in [4.69, 9.17) is 9.97 Å². The number of rotatable bonds is 5. The van der Waals surface area contributed by atoms with Crippen molar-refractivity contribution >= 4 is 33.2 Å². The van der Waals surface area contributed by atoms with Crippen molar-refractivity contribution < 1.29 is 0 Å². The maximum atomic E-state index is 13.0. The molecule has 4 aromatic rings. The maximum Gasteiger partial charge on any atom is 0.265 e. The van der Waals surface area contributed by atoms with Crippen molar-refractivity contribution in [1.29, 1.82) is 0 Å². The SMILES string of the molecule is C=CCn1cnc2c(c1=O)c1nc3ccccc3nc1n2CCC(C)C. The van der Waals surface area contributed by atoms with Crippen LogP contribution >= 0.6 is 0 Å². The topological polar surface area (TPSA) is 65.6 Å². The molecule has 0 atom stereocenters. The minimum atomic E-state index is -0.104. The number of fused-ring (bicyclic) bond motifs is 4. The van der Waals surface area contributed by atoms with Gasteiger partial charge >= 0.3 is 0 Å². The molecule has 132 valence electrons. The van der Waals surface area contributed by atoms with Gasteiger partial charge < -0.3 is 4.57 Å². The quantitative estimate of drug-likeness (QED) is 0.518. The van der Waals surface area contributed by atoms with Gasteiger partial charge in [-0.25, -0.2) is 15.0 Å². The van der Waals surface area contributed by atoms with Crippen molar-refractivity contribution in [1.82, 2.24) is 24.1 Å². The van der Waals surface area contributed by atoms with Gasteiger partial charge in [0.15, 0.2) is 11.3 Å². The second-order valence-electron chi connectivity index (χ2n) is 6.91. The molecule has 0 aliphatic rings. The Kier molecular flexibility index (Phi) is 4.03. The summed E-state index contributed by atoms with van der Waals surface area (Å²) in [4.78, 5) is 27.1. The zero-order chi connectivity index (χ0) is 18.3. The van der Waals surface area contributed by atoms with Gasteiger partial charge in [-0.2, -0.15) is 0 Å². The summed E-state index contributed by atoms with van der Waals surface area (Å²) < 4.78 is 3.59. The molecular formula is C20H21N5O. The summed E-state index contributed by atoms with van der Waals surface area (Å²) in [5.41, 5.74) is 3.49. The van der Waals surface area contributed by atoms with Gasteiger partial charge in [0.1, 0.15) is 17.2 Å². The molecule has 26 heavy (non-hydrogen) atoms. The average Bonchev–Trinajstić information content (AvgIpc) is 2.93. The highest BCUT2D eigenvalue weighted by atomic mass is 16.1. The van der Waals surface area contributed by atoms with Crippen LogP contribution in [-0.2, 0) is 13.1 Å². The van der Waals surface area contributed by atoms with Gasteiger partial charge in [0.2, 0.25) is 0 Å². The fraction of sp³-hybridized carbons (Fsp3) is 0.300. The van der Waals surface area contributed by atoms with E-state index in [9.17, 15) is 4.79 Å². The summed E-state index contributed by atoms with van der Waals surface area (Å²) in [6.45, 7) is 9.24. The number of aromatic nitrogens is 5. The highest BCUT2D eigenvalue weighted by molar-refractivity contribution is 6.04. The second kappa shape index (κ2) is 6.37. The Labute approximate surface area is 150 Å². The summed E-state index contributed by atoms with van der Waals surface area (Å²) in [6.07, 6.45) is 4.25. The molecule has 6 heteroatoms. The smallest absolute Gasteiger partial charge is 0.265 e. The van der Waals surface area contributed by atoms with E-state index in [1.54, 1.807) is 17.0 Å². The molecule has 3 aromatic heterocycles. The lowest BCUT2D eigenvalue weighted by Crippen LogP contribution is -2.20. The fourth-order valence-corrected chi connectivity index (χ4v) is 3.21. The standard InChI is InChI=1S/C20H21N5O/c1-4-10-24-12-21-18-16(20(24)26)17-19(25(18)11-9-13(2)3)23-15-8-6-5-7-14(15)22-17/h4-8,12-13H,1,9-11H2,2-3H3. The third-order valence-electron chi connectivity index (χ3n) is 4.57. The van der Waals surface area contributed by atoms with Gasteiger partial charge in [0.05, 0.1) is 11.0 Å². The summed E-state index contributed by atoms with van der Waals surface area (Å²) in [6, 6.07) is 7.72. The van der Waals surface area contributed by atoms with Crippen LogP contribution in [0.25, 0.3) is 33.2 Å². The van der Waals surface area contributed by atoms with Crippen molar-refractivity contribution in [2.24, 2.45) is 5.92 Å². The second-order valence-corrected chi connectivity index (χ2v) is 6.91. The molecule has 6 nitrogen and oxygen atoms in total. The van der Waals surface area contributed by atoms with Crippen LogP contribution in [0.3, 0.4) is 0 Å². The zero-order valence-electron chi connectivity index (χ0n) is 15.0. The first-order valence-corrected chi connectivity index (χ1v) is 8.85. The van der Waals surface area contributed by atoms with Crippen molar-refractivity contribution in [3.05, 3.63) is 53.6 Å². The molecule has 0 N–H and O–H groups in total. The van der Waals surface area contributed by atoms with E-state index in [1.807, 2.05) is 28.8 Å². The third kappa shape index (κ3) is 2.58. The Morgan fingerprint density at radius 2 is 1.88 bits per heavy atom. The van der Waals surface area contributed by atoms with E-state index in [0.717, 1.165) is 29.6 Å². The Hall–Kier alpha value is -3.02. The summed E-state index contributed by atoms with van der Waals surface area (Å²) >= 11 is 0. The van der Waals surface area contributed by atoms with E-state index in [2.05, 4.69) is 25.4 Å². The molecule has 0 spiro atoms. The number of allylic oxidation sites excluding steroid dienone is 1. The monoisotopic (exact) mass is 347 g/mol. The van der Waals surface area contributed by atoms with E-state index in [-0.39, 0.29) is 5.56 Å². The Morgan fingerprint density at radius 1 is 1.15 bits per heavy atom. The minimum absolute atomic E-state index is 0.104. The highest BCUT2D eigenvalue weighted by Crippen LogP contribution is 2.25. The van der Waals surface area contributed by atoms with E-state index >= 15 is 0 Å². The van der Waals surface area contributed by atoms with Crippen LogP contribution in [0.1, 0.15) is 20.3 Å². The van der Waals surface area contributed by atoms with Crippen LogP contribution in [0.4, 0.5) is 0 Å². The fourth-order valence-electron chi connectivity index (χ4n) is 3.21. The molecule has 0 radical (unpaired) electrons.